The number of ether oxygens (including phenoxy) is 1. The number of aromatic nitrogens is 3. The predicted octanol–water partition coefficient (Wildman–Crippen LogP) is -0.787. The Hall–Kier alpha value is -1.93. The third kappa shape index (κ3) is 2.85. The molecule has 0 aliphatic rings. The second kappa shape index (κ2) is 5.15. The van der Waals surface area contributed by atoms with E-state index >= 15 is 0 Å². The van der Waals surface area contributed by atoms with Gasteiger partial charge in [0.1, 0.15) is 23.9 Å². The van der Waals surface area contributed by atoms with Crippen molar-refractivity contribution in [1.29, 1.82) is 0 Å². The average Bonchev–Trinajstić information content (AvgIpc) is 2.73. The summed E-state index contributed by atoms with van der Waals surface area (Å²) in [6.45, 7) is 0.110. The summed E-state index contributed by atoms with van der Waals surface area (Å²) in [6, 6.07) is 3.52. The van der Waals surface area contributed by atoms with Gasteiger partial charge in [-0.05, 0) is 18.2 Å². The summed E-state index contributed by atoms with van der Waals surface area (Å²) in [5.41, 5.74) is 0.555. The fourth-order valence-electron chi connectivity index (χ4n) is 1.47. The standard InChI is InChI=1S/C10H11BFN3O3/c1-15-5-8(13-14-15)6-18-10-3-2-7(12)4-9(10)11(16)17/h2-5,16-17H,6H2,1H3. The molecule has 0 fully saturated rings. The minimum Gasteiger partial charge on any atom is -0.488 e. The van der Waals surface area contributed by atoms with E-state index in [-0.39, 0.29) is 17.8 Å². The highest BCUT2D eigenvalue weighted by atomic mass is 19.1. The van der Waals surface area contributed by atoms with Gasteiger partial charge in [0.2, 0.25) is 0 Å². The molecule has 0 radical (unpaired) electrons. The molecule has 0 aliphatic carbocycles. The topological polar surface area (TPSA) is 80.4 Å². The van der Waals surface area contributed by atoms with Crippen molar-refractivity contribution in [2.24, 2.45) is 7.05 Å². The summed E-state index contributed by atoms with van der Waals surface area (Å²) in [4.78, 5) is 0. The Morgan fingerprint density at radius 2 is 2.22 bits per heavy atom. The lowest BCUT2D eigenvalue weighted by atomic mass is 9.79. The van der Waals surface area contributed by atoms with Crippen molar-refractivity contribution in [2.75, 3.05) is 0 Å². The number of aryl methyl sites for hydroxylation is 1. The van der Waals surface area contributed by atoms with Crippen molar-refractivity contribution < 1.29 is 19.2 Å². The number of rotatable bonds is 4. The number of halogens is 1. The highest BCUT2D eigenvalue weighted by Gasteiger charge is 2.18. The van der Waals surface area contributed by atoms with Gasteiger partial charge in [0, 0.05) is 12.5 Å². The lowest BCUT2D eigenvalue weighted by molar-refractivity contribution is 0.301. The van der Waals surface area contributed by atoms with Crippen molar-refractivity contribution in [3.8, 4) is 5.75 Å². The zero-order chi connectivity index (χ0) is 13.1. The molecule has 1 heterocycles. The van der Waals surface area contributed by atoms with Gasteiger partial charge < -0.3 is 14.8 Å². The van der Waals surface area contributed by atoms with Gasteiger partial charge in [-0.25, -0.2) is 4.39 Å². The monoisotopic (exact) mass is 251 g/mol. The fraction of sp³-hybridized carbons (Fsp3) is 0.200. The fourth-order valence-corrected chi connectivity index (χ4v) is 1.47. The number of hydrogen-bond acceptors (Lipinski definition) is 5. The van der Waals surface area contributed by atoms with E-state index in [1.54, 1.807) is 13.2 Å². The summed E-state index contributed by atoms with van der Waals surface area (Å²) in [7, 11) is -0.0744. The molecule has 0 amide bonds. The van der Waals surface area contributed by atoms with Crippen LogP contribution in [-0.2, 0) is 13.7 Å². The number of nitrogens with zero attached hydrogens (tertiary/aromatic N) is 3. The van der Waals surface area contributed by atoms with Crippen LogP contribution in [0.2, 0.25) is 0 Å². The van der Waals surface area contributed by atoms with E-state index in [1.807, 2.05) is 0 Å². The largest absolute Gasteiger partial charge is 0.492 e. The second-order valence-electron chi connectivity index (χ2n) is 3.73. The van der Waals surface area contributed by atoms with Gasteiger partial charge in [0.15, 0.2) is 0 Å². The number of hydrogen-bond donors (Lipinski definition) is 2. The summed E-state index contributed by atoms with van der Waals surface area (Å²) >= 11 is 0. The first-order valence-electron chi connectivity index (χ1n) is 5.20. The van der Waals surface area contributed by atoms with E-state index in [1.165, 1.54) is 16.8 Å². The van der Waals surface area contributed by atoms with Crippen LogP contribution in [0.25, 0.3) is 0 Å². The maximum absolute atomic E-state index is 13.0. The first-order valence-corrected chi connectivity index (χ1v) is 5.20. The molecule has 0 aliphatic heterocycles. The Bertz CT molecular complexity index is 547. The summed E-state index contributed by atoms with van der Waals surface area (Å²) < 4.78 is 19.8. The third-order valence-corrected chi connectivity index (χ3v) is 2.28. The Kier molecular flexibility index (Phi) is 3.59. The molecule has 2 rings (SSSR count). The van der Waals surface area contributed by atoms with Crippen molar-refractivity contribution in [1.82, 2.24) is 15.0 Å². The molecule has 1 aromatic heterocycles. The molecule has 0 bridgehead atoms. The van der Waals surface area contributed by atoms with E-state index in [9.17, 15) is 4.39 Å². The van der Waals surface area contributed by atoms with Gasteiger partial charge in [-0.1, -0.05) is 5.21 Å². The minimum absolute atomic E-state index is 0.0288. The van der Waals surface area contributed by atoms with Gasteiger partial charge in [-0.2, -0.15) is 0 Å². The van der Waals surface area contributed by atoms with Crippen molar-refractivity contribution in [3.63, 3.8) is 0 Å². The normalized spacial score (nSPS) is 10.4. The zero-order valence-electron chi connectivity index (χ0n) is 9.62. The molecular weight excluding hydrogens is 240 g/mol. The van der Waals surface area contributed by atoms with Gasteiger partial charge >= 0.3 is 7.12 Å². The lowest BCUT2D eigenvalue weighted by Crippen LogP contribution is -2.31. The number of benzene rings is 1. The van der Waals surface area contributed by atoms with Crippen LogP contribution >= 0.6 is 0 Å². The quantitative estimate of drug-likeness (QED) is 0.696. The van der Waals surface area contributed by atoms with Crippen LogP contribution in [0.5, 0.6) is 5.75 Å². The highest BCUT2D eigenvalue weighted by Crippen LogP contribution is 2.11. The molecule has 0 atom stereocenters. The van der Waals surface area contributed by atoms with Gasteiger partial charge in [-0.15, -0.1) is 5.10 Å². The Labute approximate surface area is 103 Å². The first kappa shape index (κ1) is 12.5. The van der Waals surface area contributed by atoms with Crippen LogP contribution in [0, 0.1) is 5.82 Å². The molecule has 2 aromatic rings. The molecule has 18 heavy (non-hydrogen) atoms. The van der Waals surface area contributed by atoms with Crippen LogP contribution in [0.1, 0.15) is 5.69 Å². The SMILES string of the molecule is Cn1cc(COc2ccc(F)cc2B(O)O)nn1. The summed E-state index contributed by atoms with van der Waals surface area (Å²) in [5.74, 6) is -0.373. The molecule has 0 unspecified atom stereocenters. The van der Waals surface area contributed by atoms with E-state index < -0.39 is 12.9 Å². The summed E-state index contributed by atoms with van der Waals surface area (Å²) in [6.07, 6.45) is 1.67. The molecule has 0 saturated heterocycles. The maximum Gasteiger partial charge on any atom is 0.492 e. The molecule has 8 heteroatoms. The van der Waals surface area contributed by atoms with Gasteiger partial charge in [0.25, 0.3) is 0 Å². The maximum atomic E-state index is 13.0. The van der Waals surface area contributed by atoms with Crippen molar-refractivity contribution in [3.05, 3.63) is 35.9 Å². The van der Waals surface area contributed by atoms with E-state index in [0.29, 0.717) is 5.69 Å². The van der Waals surface area contributed by atoms with E-state index in [0.717, 1.165) is 6.07 Å². The van der Waals surface area contributed by atoms with Crippen LogP contribution in [-0.4, -0.2) is 32.2 Å². The van der Waals surface area contributed by atoms with E-state index in [2.05, 4.69) is 10.3 Å². The molecule has 0 saturated carbocycles. The van der Waals surface area contributed by atoms with Crippen LogP contribution in [0.4, 0.5) is 4.39 Å². The predicted molar refractivity (Wildman–Crippen MR) is 61.6 cm³/mol. The Balaban J connectivity index is 2.13. The first-order chi connectivity index (χ1) is 8.56. The third-order valence-electron chi connectivity index (χ3n) is 2.28. The van der Waals surface area contributed by atoms with Gasteiger partial charge in [0.05, 0.1) is 6.20 Å². The zero-order valence-corrected chi connectivity index (χ0v) is 9.62. The average molecular weight is 251 g/mol. The van der Waals surface area contributed by atoms with Crippen molar-refractivity contribution >= 4 is 12.6 Å². The van der Waals surface area contributed by atoms with E-state index in [4.69, 9.17) is 14.8 Å². The smallest absolute Gasteiger partial charge is 0.488 e. The summed E-state index contributed by atoms with van der Waals surface area (Å²) in [5, 5.41) is 25.8. The Morgan fingerprint density at radius 1 is 1.44 bits per heavy atom. The lowest BCUT2D eigenvalue weighted by Gasteiger charge is -2.09. The van der Waals surface area contributed by atoms with Crippen LogP contribution in [0.3, 0.4) is 0 Å². The van der Waals surface area contributed by atoms with Gasteiger partial charge in [-0.3, -0.25) is 4.68 Å². The second-order valence-corrected chi connectivity index (χ2v) is 3.73. The van der Waals surface area contributed by atoms with Crippen molar-refractivity contribution in [2.45, 2.75) is 6.61 Å². The molecule has 6 nitrogen and oxygen atoms in total. The van der Waals surface area contributed by atoms with Crippen LogP contribution < -0.4 is 10.2 Å². The molecule has 0 spiro atoms. The molecule has 94 valence electrons. The molecule has 2 N–H and O–H groups in total. The van der Waals surface area contributed by atoms with Crippen LogP contribution in [0.15, 0.2) is 24.4 Å². The Morgan fingerprint density at radius 3 is 2.83 bits per heavy atom. The minimum atomic E-state index is -1.79. The molecular formula is C10H11BFN3O3. The molecule has 1 aromatic carbocycles. The highest BCUT2D eigenvalue weighted by molar-refractivity contribution is 6.59.